The highest BCUT2D eigenvalue weighted by molar-refractivity contribution is 7.29. The normalized spacial score (nSPS) is 11.3. The Bertz CT molecular complexity index is 1110. The average molecular weight is 441 g/mol. The van der Waals surface area contributed by atoms with Crippen LogP contribution in [0.2, 0.25) is 0 Å². The van der Waals surface area contributed by atoms with E-state index in [0.29, 0.717) is 0 Å². The first kappa shape index (κ1) is 17.6. The third-order valence-corrected chi connectivity index (χ3v) is 10.5. The lowest BCUT2D eigenvalue weighted by molar-refractivity contribution is 1.56. The van der Waals surface area contributed by atoms with Crippen molar-refractivity contribution in [1.82, 2.24) is 0 Å². The predicted molar refractivity (Wildman–Crippen MR) is 127 cm³/mol. The van der Waals surface area contributed by atoms with Crippen molar-refractivity contribution >= 4 is 56.7 Å². The van der Waals surface area contributed by atoms with Crippen LogP contribution in [-0.4, -0.2) is 0 Å². The highest BCUT2D eigenvalue weighted by Gasteiger charge is 2.13. The van der Waals surface area contributed by atoms with Crippen LogP contribution in [0.25, 0.3) is 39.0 Å². The Balaban J connectivity index is 1.44. The molecular formula is C22H16S5. The molecule has 27 heavy (non-hydrogen) atoms. The van der Waals surface area contributed by atoms with Gasteiger partial charge in [0.25, 0.3) is 0 Å². The number of hydrogen-bond acceptors (Lipinski definition) is 5. The second kappa shape index (κ2) is 7.15. The summed E-state index contributed by atoms with van der Waals surface area (Å²) in [6, 6.07) is 18.0. The van der Waals surface area contributed by atoms with Crippen molar-refractivity contribution in [3.63, 3.8) is 0 Å². The van der Waals surface area contributed by atoms with Crippen LogP contribution in [0.1, 0.15) is 11.1 Å². The van der Waals surface area contributed by atoms with Gasteiger partial charge >= 0.3 is 0 Å². The quantitative estimate of drug-likeness (QED) is 0.261. The van der Waals surface area contributed by atoms with E-state index in [1.807, 2.05) is 56.7 Å². The Morgan fingerprint density at radius 1 is 0.444 bits per heavy atom. The first-order chi connectivity index (χ1) is 13.2. The molecule has 0 aliphatic heterocycles. The minimum absolute atomic E-state index is 1.36. The van der Waals surface area contributed by atoms with Gasteiger partial charge in [0.15, 0.2) is 0 Å². The molecular weight excluding hydrogens is 425 g/mol. The molecule has 0 unspecified atom stereocenters. The van der Waals surface area contributed by atoms with E-state index in [1.54, 1.807) is 0 Å². The number of hydrogen-bond donors (Lipinski definition) is 0. The third kappa shape index (κ3) is 3.28. The predicted octanol–water partition coefficient (Wildman–Crippen LogP) is 9.28. The summed E-state index contributed by atoms with van der Waals surface area (Å²) < 4.78 is 0. The molecule has 5 rings (SSSR count). The zero-order chi connectivity index (χ0) is 18.4. The molecule has 0 atom stereocenters. The van der Waals surface area contributed by atoms with Crippen LogP contribution in [0.4, 0.5) is 0 Å². The lowest BCUT2D eigenvalue weighted by Crippen LogP contribution is -1.66. The standard InChI is InChI=1S/C22H16S5/c1-13-9-11-23-21(13)19-7-5-17(26-19)15-3-4-16(25-15)18-6-8-20(27-18)22-14(2)10-12-24-22/h3-12H,1-2H3. The summed E-state index contributed by atoms with van der Waals surface area (Å²) in [5.74, 6) is 0. The zero-order valence-corrected chi connectivity index (χ0v) is 18.9. The molecule has 134 valence electrons. The molecule has 0 aromatic carbocycles. The van der Waals surface area contributed by atoms with Crippen LogP contribution in [0.3, 0.4) is 0 Å². The van der Waals surface area contributed by atoms with Crippen LogP contribution in [0.15, 0.2) is 59.3 Å². The summed E-state index contributed by atoms with van der Waals surface area (Å²) in [5, 5.41) is 4.36. The van der Waals surface area contributed by atoms with Crippen LogP contribution in [0, 0.1) is 13.8 Å². The van der Waals surface area contributed by atoms with Gasteiger partial charge in [-0.15, -0.1) is 56.7 Å². The summed E-state index contributed by atoms with van der Waals surface area (Å²) >= 11 is 9.36. The number of thiophene rings is 5. The summed E-state index contributed by atoms with van der Waals surface area (Å²) in [5.41, 5.74) is 2.74. The van der Waals surface area contributed by atoms with Crippen LogP contribution in [0.5, 0.6) is 0 Å². The van der Waals surface area contributed by atoms with E-state index < -0.39 is 0 Å². The van der Waals surface area contributed by atoms with Crippen molar-refractivity contribution in [2.24, 2.45) is 0 Å². The maximum Gasteiger partial charge on any atom is 0.0471 e. The largest absolute Gasteiger partial charge is 0.143 e. The molecule has 0 bridgehead atoms. The smallest absolute Gasteiger partial charge is 0.0471 e. The maximum atomic E-state index is 2.27. The van der Waals surface area contributed by atoms with E-state index in [1.165, 1.54) is 50.1 Å². The van der Waals surface area contributed by atoms with Gasteiger partial charge in [-0.2, -0.15) is 0 Å². The van der Waals surface area contributed by atoms with Crippen molar-refractivity contribution < 1.29 is 0 Å². The van der Waals surface area contributed by atoms with E-state index in [2.05, 4.69) is 73.1 Å². The summed E-state index contributed by atoms with van der Waals surface area (Å²) in [6.07, 6.45) is 0. The topological polar surface area (TPSA) is 0 Å². The van der Waals surface area contributed by atoms with E-state index >= 15 is 0 Å². The number of aryl methyl sites for hydroxylation is 2. The van der Waals surface area contributed by atoms with Gasteiger partial charge in [-0.1, -0.05) is 0 Å². The second-order valence-electron chi connectivity index (χ2n) is 6.36. The molecule has 5 heteroatoms. The molecule has 0 nitrogen and oxygen atoms in total. The Morgan fingerprint density at radius 3 is 1.11 bits per heavy atom. The molecule has 5 aromatic rings. The Kier molecular flexibility index (Phi) is 4.66. The van der Waals surface area contributed by atoms with Gasteiger partial charge in [0, 0.05) is 39.0 Å². The van der Waals surface area contributed by atoms with E-state index in [4.69, 9.17) is 0 Å². The lowest BCUT2D eigenvalue weighted by Gasteiger charge is -1.94. The molecule has 0 aliphatic carbocycles. The SMILES string of the molecule is Cc1ccsc1-c1ccc(-c2ccc(-c3ccc(-c4sccc4C)s3)s2)s1. The lowest BCUT2D eigenvalue weighted by atomic mass is 10.2. The molecule has 0 aliphatic rings. The first-order valence-corrected chi connectivity index (χ1v) is 12.8. The monoisotopic (exact) mass is 440 g/mol. The number of rotatable bonds is 4. The van der Waals surface area contributed by atoms with Crippen molar-refractivity contribution in [3.8, 4) is 39.0 Å². The van der Waals surface area contributed by atoms with Crippen molar-refractivity contribution in [3.05, 3.63) is 70.4 Å². The molecule has 0 N–H and O–H groups in total. The molecule has 0 radical (unpaired) electrons. The van der Waals surface area contributed by atoms with Gasteiger partial charge < -0.3 is 0 Å². The van der Waals surface area contributed by atoms with Crippen LogP contribution < -0.4 is 0 Å². The molecule has 0 amide bonds. The Morgan fingerprint density at radius 2 is 0.778 bits per heavy atom. The van der Waals surface area contributed by atoms with Gasteiger partial charge in [0.2, 0.25) is 0 Å². The maximum absolute atomic E-state index is 2.27. The minimum Gasteiger partial charge on any atom is -0.143 e. The Labute approximate surface area is 179 Å². The van der Waals surface area contributed by atoms with Crippen LogP contribution in [-0.2, 0) is 0 Å². The second-order valence-corrected chi connectivity index (χ2v) is 11.4. The fraction of sp³-hybridized carbons (Fsp3) is 0.0909. The van der Waals surface area contributed by atoms with E-state index in [0.717, 1.165) is 0 Å². The Hall–Kier alpha value is -1.50. The summed E-state index contributed by atoms with van der Waals surface area (Å²) in [4.78, 5) is 11.0. The van der Waals surface area contributed by atoms with Gasteiger partial charge in [-0.25, -0.2) is 0 Å². The van der Waals surface area contributed by atoms with Crippen molar-refractivity contribution in [2.45, 2.75) is 13.8 Å². The summed E-state index contributed by atoms with van der Waals surface area (Å²) in [6.45, 7) is 4.39. The van der Waals surface area contributed by atoms with Gasteiger partial charge in [0.05, 0.1) is 0 Å². The molecule has 0 fully saturated rings. The molecule has 0 saturated heterocycles. The average Bonchev–Trinajstić information content (AvgIpc) is 3.45. The van der Waals surface area contributed by atoms with Gasteiger partial charge in [-0.3, -0.25) is 0 Å². The molecule has 0 saturated carbocycles. The van der Waals surface area contributed by atoms with Crippen molar-refractivity contribution in [1.29, 1.82) is 0 Å². The fourth-order valence-corrected chi connectivity index (χ4v) is 8.48. The molecule has 5 aromatic heterocycles. The van der Waals surface area contributed by atoms with E-state index in [-0.39, 0.29) is 0 Å². The zero-order valence-electron chi connectivity index (χ0n) is 14.8. The molecule has 5 heterocycles. The third-order valence-electron chi connectivity index (χ3n) is 4.48. The van der Waals surface area contributed by atoms with E-state index in [9.17, 15) is 0 Å². The van der Waals surface area contributed by atoms with Gasteiger partial charge in [-0.05, 0) is 84.3 Å². The first-order valence-electron chi connectivity index (χ1n) is 8.58. The highest BCUT2D eigenvalue weighted by Crippen LogP contribution is 2.44. The van der Waals surface area contributed by atoms with Gasteiger partial charge in [0.1, 0.15) is 0 Å². The molecule has 0 spiro atoms. The highest BCUT2D eigenvalue weighted by atomic mass is 32.1. The summed E-state index contributed by atoms with van der Waals surface area (Å²) in [7, 11) is 0. The fourth-order valence-electron chi connectivity index (χ4n) is 3.04. The van der Waals surface area contributed by atoms with Crippen LogP contribution >= 0.6 is 56.7 Å². The van der Waals surface area contributed by atoms with Crippen molar-refractivity contribution in [2.75, 3.05) is 0 Å². The minimum atomic E-state index is 1.36.